The van der Waals surface area contributed by atoms with Crippen LogP contribution in [-0.2, 0) is 15.0 Å². The predicted octanol–water partition coefficient (Wildman–Crippen LogP) is 1.68. The number of aliphatic carboxylic acids is 1. The lowest BCUT2D eigenvalue weighted by Gasteiger charge is -2.37. The molecule has 1 saturated carbocycles. The van der Waals surface area contributed by atoms with Crippen molar-refractivity contribution >= 4 is 11.8 Å². The minimum absolute atomic E-state index is 0.0284. The van der Waals surface area contributed by atoms with E-state index in [0.29, 0.717) is 0 Å². The van der Waals surface area contributed by atoms with Crippen LogP contribution in [0.4, 0.5) is 0 Å². The van der Waals surface area contributed by atoms with E-state index in [9.17, 15) is 14.7 Å². The molecule has 0 saturated heterocycles. The molecule has 2 rings (SSSR count). The van der Waals surface area contributed by atoms with E-state index >= 15 is 0 Å². The fourth-order valence-electron chi connectivity index (χ4n) is 2.19. The number of carbonyl (C=O) groups excluding carboxylic acids is 1. The lowest BCUT2D eigenvalue weighted by atomic mass is 9.62. The molecule has 0 amide bonds. The zero-order valence-electron chi connectivity index (χ0n) is 8.49. The van der Waals surface area contributed by atoms with Crippen LogP contribution in [0.3, 0.4) is 0 Å². The first-order chi connectivity index (χ1) is 7.06. The molecule has 3 heteroatoms. The number of rotatable bonds is 2. The van der Waals surface area contributed by atoms with E-state index in [1.807, 2.05) is 25.1 Å². The number of benzene rings is 1. The number of aryl methyl sites for hydroxylation is 1. The highest BCUT2D eigenvalue weighted by Gasteiger charge is 2.51. The summed E-state index contributed by atoms with van der Waals surface area (Å²) in [7, 11) is 0. The molecule has 1 fully saturated rings. The molecule has 1 aromatic rings. The molecule has 1 aliphatic rings. The van der Waals surface area contributed by atoms with E-state index in [1.54, 1.807) is 6.07 Å². The molecule has 0 atom stereocenters. The second-order valence-corrected chi connectivity index (χ2v) is 4.09. The molecule has 1 aliphatic carbocycles. The standard InChI is InChI=1S/C12H12O3/c1-8-4-2-3-5-10(8)12(11(14)15)6-9(13)7-12/h2-5H,6-7H2,1H3,(H,14,15). The molecular weight excluding hydrogens is 192 g/mol. The maximum atomic E-state index is 11.2. The van der Waals surface area contributed by atoms with Gasteiger partial charge in [0.1, 0.15) is 11.2 Å². The monoisotopic (exact) mass is 204 g/mol. The van der Waals surface area contributed by atoms with Gasteiger partial charge < -0.3 is 5.11 Å². The van der Waals surface area contributed by atoms with Crippen molar-refractivity contribution in [1.82, 2.24) is 0 Å². The van der Waals surface area contributed by atoms with E-state index in [2.05, 4.69) is 0 Å². The summed E-state index contributed by atoms with van der Waals surface area (Å²) < 4.78 is 0. The van der Waals surface area contributed by atoms with Gasteiger partial charge in [-0.1, -0.05) is 24.3 Å². The van der Waals surface area contributed by atoms with E-state index in [4.69, 9.17) is 0 Å². The van der Waals surface area contributed by atoms with Crippen LogP contribution in [-0.4, -0.2) is 16.9 Å². The topological polar surface area (TPSA) is 54.4 Å². The van der Waals surface area contributed by atoms with Gasteiger partial charge in [-0.3, -0.25) is 9.59 Å². The van der Waals surface area contributed by atoms with Crippen molar-refractivity contribution in [1.29, 1.82) is 0 Å². The van der Waals surface area contributed by atoms with Crippen molar-refractivity contribution in [3.05, 3.63) is 35.4 Å². The van der Waals surface area contributed by atoms with Gasteiger partial charge in [-0.2, -0.15) is 0 Å². The summed E-state index contributed by atoms with van der Waals surface area (Å²) in [5.41, 5.74) is 0.757. The first-order valence-electron chi connectivity index (χ1n) is 4.87. The molecule has 78 valence electrons. The number of carboxylic acid groups (broad SMARTS) is 1. The van der Waals surface area contributed by atoms with Gasteiger partial charge in [0.25, 0.3) is 0 Å². The highest BCUT2D eigenvalue weighted by molar-refractivity contribution is 6.01. The lowest BCUT2D eigenvalue weighted by Crippen LogP contribution is -2.48. The summed E-state index contributed by atoms with van der Waals surface area (Å²) in [5.74, 6) is -0.864. The highest BCUT2D eigenvalue weighted by atomic mass is 16.4. The maximum absolute atomic E-state index is 11.2. The average Bonchev–Trinajstić information content (AvgIpc) is 2.13. The molecule has 1 aromatic carbocycles. The van der Waals surface area contributed by atoms with Gasteiger partial charge >= 0.3 is 5.97 Å². The van der Waals surface area contributed by atoms with Gasteiger partial charge in [-0.25, -0.2) is 0 Å². The van der Waals surface area contributed by atoms with Crippen LogP contribution in [0.5, 0.6) is 0 Å². The zero-order valence-corrected chi connectivity index (χ0v) is 8.49. The minimum Gasteiger partial charge on any atom is -0.481 e. The second kappa shape index (κ2) is 3.19. The smallest absolute Gasteiger partial charge is 0.315 e. The zero-order chi connectivity index (χ0) is 11.1. The van der Waals surface area contributed by atoms with Crippen LogP contribution in [0.2, 0.25) is 0 Å². The summed E-state index contributed by atoms with van der Waals surface area (Å²) >= 11 is 0. The maximum Gasteiger partial charge on any atom is 0.315 e. The number of hydrogen-bond donors (Lipinski definition) is 1. The Hall–Kier alpha value is -1.64. The Labute approximate surface area is 87.7 Å². The molecule has 0 aromatic heterocycles. The summed E-state index contributed by atoms with van der Waals surface area (Å²) in [5, 5.41) is 9.23. The Bertz CT molecular complexity index is 426. The highest BCUT2D eigenvalue weighted by Crippen LogP contribution is 2.42. The van der Waals surface area contributed by atoms with E-state index in [1.165, 1.54) is 0 Å². The minimum atomic E-state index is -0.956. The summed E-state index contributed by atoms with van der Waals surface area (Å²) in [6.07, 6.45) is 0.264. The first-order valence-corrected chi connectivity index (χ1v) is 4.87. The summed E-state index contributed by atoms with van der Waals surface area (Å²) in [6.45, 7) is 1.88. The number of carboxylic acids is 1. The number of hydrogen-bond acceptors (Lipinski definition) is 2. The predicted molar refractivity (Wildman–Crippen MR) is 54.7 cm³/mol. The molecule has 3 nitrogen and oxygen atoms in total. The molecule has 0 spiro atoms. The fourth-order valence-corrected chi connectivity index (χ4v) is 2.19. The van der Waals surface area contributed by atoms with Crippen LogP contribution in [0.25, 0.3) is 0 Å². The lowest BCUT2D eigenvalue weighted by molar-refractivity contribution is -0.153. The van der Waals surface area contributed by atoms with Crippen molar-refractivity contribution in [3.8, 4) is 0 Å². The van der Waals surface area contributed by atoms with Gasteiger partial charge in [0, 0.05) is 12.8 Å². The van der Waals surface area contributed by atoms with Crippen molar-refractivity contribution in [3.63, 3.8) is 0 Å². The Morgan fingerprint density at radius 1 is 1.33 bits per heavy atom. The second-order valence-electron chi connectivity index (χ2n) is 4.09. The molecule has 15 heavy (non-hydrogen) atoms. The van der Waals surface area contributed by atoms with E-state index < -0.39 is 11.4 Å². The molecule has 0 heterocycles. The van der Waals surface area contributed by atoms with Gasteiger partial charge in [0.2, 0.25) is 0 Å². The third-order valence-electron chi connectivity index (χ3n) is 3.07. The molecule has 0 radical (unpaired) electrons. The van der Waals surface area contributed by atoms with Crippen molar-refractivity contribution in [2.75, 3.05) is 0 Å². The SMILES string of the molecule is Cc1ccccc1C1(C(=O)O)CC(=O)C1. The first kappa shape index (κ1) is 9.90. The van der Waals surface area contributed by atoms with Crippen molar-refractivity contribution < 1.29 is 14.7 Å². The molecule has 0 bridgehead atoms. The largest absolute Gasteiger partial charge is 0.481 e. The van der Waals surface area contributed by atoms with Crippen LogP contribution in [0.1, 0.15) is 24.0 Å². The Morgan fingerprint density at radius 3 is 2.40 bits per heavy atom. The fraction of sp³-hybridized carbons (Fsp3) is 0.333. The Kier molecular flexibility index (Phi) is 2.11. The number of ketones is 1. The van der Waals surface area contributed by atoms with Crippen LogP contribution < -0.4 is 0 Å². The summed E-state index contributed by atoms with van der Waals surface area (Å²) in [6, 6.07) is 7.36. The quantitative estimate of drug-likeness (QED) is 0.797. The summed E-state index contributed by atoms with van der Waals surface area (Å²) in [4.78, 5) is 22.3. The van der Waals surface area contributed by atoms with Crippen LogP contribution >= 0.6 is 0 Å². The van der Waals surface area contributed by atoms with Crippen LogP contribution in [0.15, 0.2) is 24.3 Å². The third-order valence-corrected chi connectivity index (χ3v) is 3.07. The van der Waals surface area contributed by atoms with Crippen LogP contribution in [0, 0.1) is 6.92 Å². The van der Waals surface area contributed by atoms with E-state index in [-0.39, 0.29) is 18.6 Å². The van der Waals surface area contributed by atoms with Gasteiger partial charge in [0.05, 0.1) is 0 Å². The van der Waals surface area contributed by atoms with E-state index in [0.717, 1.165) is 11.1 Å². The molecule has 1 N–H and O–H groups in total. The Balaban J connectivity index is 2.48. The van der Waals surface area contributed by atoms with Gasteiger partial charge in [-0.05, 0) is 18.1 Å². The number of Topliss-reactive ketones (excluding diaryl/α,β-unsaturated/α-hetero) is 1. The normalized spacial score (nSPS) is 18.3. The molecular formula is C12H12O3. The molecule has 0 unspecified atom stereocenters. The Morgan fingerprint density at radius 2 is 1.93 bits per heavy atom. The third kappa shape index (κ3) is 1.35. The van der Waals surface area contributed by atoms with Gasteiger partial charge in [-0.15, -0.1) is 0 Å². The van der Waals surface area contributed by atoms with Gasteiger partial charge in [0.15, 0.2) is 0 Å². The number of carbonyl (C=O) groups is 2. The average molecular weight is 204 g/mol. The van der Waals surface area contributed by atoms with Crippen molar-refractivity contribution in [2.45, 2.75) is 25.2 Å². The molecule has 0 aliphatic heterocycles. The van der Waals surface area contributed by atoms with Crippen molar-refractivity contribution in [2.24, 2.45) is 0 Å².